The van der Waals surface area contributed by atoms with Gasteiger partial charge in [0.05, 0.1) is 12.0 Å². The van der Waals surface area contributed by atoms with Crippen LogP contribution in [0.5, 0.6) is 5.88 Å². The molecule has 0 aromatic carbocycles. The highest BCUT2D eigenvalue weighted by molar-refractivity contribution is 5.42. The van der Waals surface area contributed by atoms with Crippen molar-refractivity contribution in [3.63, 3.8) is 0 Å². The highest BCUT2D eigenvalue weighted by Crippen LogP contribution is 2.23. The zero-order chi connectivity index (χ0) is 9.14. The van der Waals surface area contributed by atoms with E-state index in [1.54, 1.807) is 6.92 Å². The second-order valence-electron chi connectivity index (χ2n) is 2.30. The van der Waals surface area contributed by atoms with E-state index < -0.39 is 4.92 Å². The van der Waals surface area contributed by atoms with Crippen LogP contribution in [0.4, 0.5) is 5.69 Å². The molecule has 1 aromatic rings. The Morgan fingerprint density at radius 3 is 2.83 bits per heavy atom. The van der Waals surface area contributed by atoms with Crippen molar-refractivity contribution in [2.45, 2.75) is 6.92 Å². The smallest absolute Gasteiger partial charge is 0.331 e. The molecule has 64 valence electrons. The molecule has 0 N–H and O–H groups in total. The maximum Gasteiger partial charge on any atom is 0.331 e. The van der Waals surface area contributed by atoms with Gasteiger partial charge in [0.1, 0.15) is 0 Å². The van der Waals surface area contributed by atoms with Gasteiger partial charge < -0.3 is 4.74 Å². The van der Waals surface area contributed by atoms with Crippen LogP contribution in [0.1, 0.15) is 5.56 Å². The zero-order valence-corrected chi connectivity index (χ0v) is 6.77. The predicted octanol–water partition coefficient (Wildman–Crippen LogP) is 1.31. The number of aryl methyl sites for hydroxylation is 1. The van der Waals surface area contributed by atoms with Gasteiger partial charge in [-0.2, -0.15) is 0 Å². The van der Waals surface area contributed by atoms with Gasteiger partial charge in [0.2, 0.25) is 0 Å². The summed E-state index contributed by atoms with van der Waals surface area (Å²) in [4.78, 5) is 13.7. The van der Waals surface area contributed by atoms with E-state index in [1.165, 1.54) is 19.4 Å². The van der Waals surface area contributed by atoms with Gasteiger partial charge in [-0.3, -0.25) is 10.1 Å². The summed E-state index contributed by atoms with van der Waals surface area (Å²) in [7, 11) is 1.35. The van der Waals surface area contributed by atoms with E-state index in [4.69, 9.17) is 4.74 Å². The van der Waals surface area contributed by atoms with Crippen LogP contribution < -0.4 is 4.74 Å². The van der Waals surface area contributed by atoms with Crippen LogP contribution in [0.25, 0.3) is 0 Å². The van der Waals surface area contributed by atoms with Crippen molar-refractivity contribution in [1.82, 2.24) is 4.98 Å². The normalized spacial score (nSPS) is 9.50. The fourth-order valence-electron chi connectivity index (χ4n) is 0.829. The van der Waals surface area contributed by atoms with Crippen LogP contribution >= 0.6 is 0 Å². The Labute approximate surface area is 69.1 Å². The maximum atomic E-state index is 10.4. The Morgan fingerprint density at radius 1 is 1.67 bits per heavy atom. The number of nitrogens with zero attached hydrogens (tertiary/aromatic N) is 2. The number of nitro groups is 1. The van der Waals surface area contributed by atoms with Crippen molar-refractivity contribution in [2.24, 2.45) is 0 Å². The first-order valence-electron chi connectivity index (χ1n) is 3.30. The minimum Gasteiger partial charge on any atom is -0.476 e. The van der Waals surface area contributed by atoms with Gasteiger partial charge in [0.25, 0.3) is 5.88 Å². The molecule has 1 aromatic heterocycles. The van der Waals surface area contributed by atoms with Crippen LogP contribution in [-0.2, 0) is 0 Å². The first-order chi connectivity index (χ1) is 5.65. The molecule has 5 nitrogen and oxygen atoms in total. The Balaban J connectivity index is 3.21. The molecule has 0 aliphatic heterocycles. The van der Waals surface area contributed by atoms with Gasteiger partial charge in [-0.15, -0.1) is 0 Å². The topological polar surface area (TPSA) is 65.3 Å². The zero-order valence-electron chi connectivity index (χ0n) is 6.77. The molecular formula is C7H8N2O3. The summed E-state index contributed by atoms with van der Waals surface area (Å²) in [5.74, 6) is 0.0469. The summed E-state index contributed by atoms with van der Waals surface area (Å²) in [5, 5.41) is 10.4. The number of pyridine rings is 1. The molecule has 0 bridgehead atoms. The van der Waals surface area contributed by atoms with E-state index >= 15 is 0 Å². The van der Waals surface area contributed by atoms with E-state index in [-0.39, 0.29) is 11.6 Å². The average Bonchev–Trinajstić information content (AvgIpc) is 2.04. The molecule has 0 radical (unpaired) electrons. The van der Waals surface area contributed by atoms with Crippen molar-refractivity contribution in [1.29, 1.82) is 0 Å². The van der Waals surface area contributed by atoms with E-state index in [0.29, 0.717) is 0 Å². The third-order valence-electron chi connectivity index (χ3n) is 1.36. The van der Waals surface area contributed by atoms with Gasteiger partial charge in [0.15, 0.2) is 0 Å². The van der Waals surface area contributed by atoms with Gasteiger partial charge in [0, 0.05) is 12.3 Å². The molecule has 12 heavy (non-hydrogen) atoms. The Hall–Kier alpha value is -1.65. The van der Waals surface area contributed by atoms with Crippen molar-refractivity contribution in [2.75, 3.05) is 7.11 Å². The third kappa shape index (κ3) is 1.50. The van der Waals surface area contributed by atoms with Crippen molar-refractivity contribution in [3.05, 3.63) is 27.9 Å². The Morgan fingerprint density at radius 2 is 2.33 bits per heavy atom. The lowest BCUT2D eigenvalue weighted by molar-refractivity contribution is -0.386. The van der Waals surface area contributed by atoms with Crippen LogP contribution in [0.3, 0.4) is 0 Å². The molecule has 0 amide bonds. The molecule has 0 aliphatic rings. The summed E-state index contributed by atoms with van der Waals surface area (Å²) in [5.41, 5.74) is 0.639. The molecule has 0 saturated heterocycles. The van der Waals surface area contributed by atoms with Gasteiger partial charge in [-0.25, -0.2) is 4.98 Å². The number of methoxy groups -OCH3 is 1. The number of aromatic nitrogens is 1. The largest absolute Gasteiger partial charge is 0.476 e. The van der Waals surface area contributed by atoms with E-state index in [0.717, 1.165) is 5.56 Å². The fourth-order valence-corrected chi connectivity index (χ4v) is 0.829. The minimum absolute atomic E-state index is 0.0469. The highest BCUT2D eigenvalue weighted by Gasteiger charge is 2.15. The van der Waals surface area contributed by atoms with Crippen LogP contribution in [0.2, 0.25) is 0 Å². The third-order valence-corrected chi connectivity index (χ3v) is 1.36. The maximum absolute atomic E-state index is 10.4. The van der Waals surface area contributed by atoms with Gasteiger partial charge >= 0.3 is 5.69 Å². The van der Waals surface area contributed by atoms with Crippen molar-refractivity contribution in [3.8, 4) is 5.88 Å². The molecule has 0 aliphatic carbocycles. The van der Waals surface area contributed by atoms with Crippen LogP contribution in [-0.4, -0.2) is 17.0 Å². The molecule has 0 spiro atoms. The molecule has 1 heterocycles. The summed E-state index contributed by atoms with van der Waals surface area (Å²) < 4.78 is 4.71. The Bertz CT molecular complexity index is 312. The Kier molecular flexibility index (Phi) is 2.23. The van der Waals surface area contributed by atoms with Gasteiger partial charge in [-0.05, 0) is 12.5 Å². The number of ether oxygens (including phenoxy) is 1. The summed E-state index contributed by atoms with van der Waals surface area (Å²) in [6, 6.07) is 1.42. The van der Waals surface area contributed by atoms with E-state index in [9.17, 15) is 10.1 Å². The molecule has 1 rings (SSSR count). The molecule has 5 heteroatoms. The lowest BCUT2D eigenvalue weighted by atomic mass is 10.3. The standard InChI is InChI=1S/C7H8N2O3/c1-5-3-6(9(10)11)7(12-2)8-4-5/h3-4H,1-2H3. The van der Waals surface area contributed by atoms with E-state index in [1.807, 2.05) is 0 Å². The van der Waals surface area contributed by atoms with Crippen LogP contribution in [0, 0.1) is 17.0 Å². The number of hydrogen-bond donors (Lipinski definition) is 0. The first kappa shape index (κ1) is 8.45. The monoisotopic (exact) mass is 168 g/mol. The summed E-state index contributed by atoms with van der Waals surface area (Å²) in [6.07, 6.45) is 1.52. The molecule has 0 atom stereocenters. The second-order valence-corrected chi connectivity index (χ2v) is 2.30. The number of hydrogen-bond acceptors (Lipinski definition) is 4. The first-order valence-corrected chi connectivity index (χ1v) is 3.30. The lowest BCUT2D eigenvalue weighted by Crippen LogP contribution is -1.96. The van der Waals surface area contributed by atoms with Crippen molar-refractivity contribution < 1.29 is 9.66 Å². The second kappa shape index (κ2) is 3.17. The highest BCUT2D eigenvalue weighted by atomic mass is 16.6. The predicted molar refractivity (Wildman–Crippen MR) is 42.2 cm³/mol. The quantitative estimate of drug-likeness (QED) is 0.493. The minimum atomic E-state index is -0.515. The van der Waals surface area contributed by atoms with Crippen LogP contribution in [0.15, 0.2) is 12.3 Å². The SMILES string of the molecule is COc1ncc(C)cc1[N+](=O)[O-]. The molecule has 0 fully saturated rings. The summed E-state index contributed by atoms with van der Waals surface area (Å²) >= 11 is 0. The number of rotatable bonds is 2. The molecule has 0 saturated carbocycles. The van der Waals surface area contributed by atoms with E-state index in [2.05, 4.69) is 4.98 Å². The lowest BCUT2D eigenvalue weighted by Gasteiger charge is -1.99. The molecular weight excluding hydrogens is 160 g/mol. The molecule has 0 unspecified atom stereocenters. The summed E-state index contributed by atoms with van der Waals surface area (Å²) in [6.45, 7) is 1.74. The van der Waals surface area contributed by atoms with Gasteiger partial charge in [-0.1, -0.05) is 0 Å². The average molecular weight is 168 g/mol. The van der Waals surface area contributed by atoms with Crippen molar-refractivity contribution >= 4 is 5.69 Å². The fraction of sp³-hybridized carbons (Fsp3) is 0.286.